The fraction of sp³-hybridized carbons (Fsp3) is 0.0625. The van der Waals surface area contributed by atoms with Crippen molar-refractivity contribution >= 4 is 28.1 Å². The van der Waals surface area contributed by atoms with Crippen molar-refractivity contribution in [2.75, 3.05) is 0 Å². The van der Waals surface area contributed by atoms with Crippen LogP contribution in [0.1, 0.15) is 21.8 Å². The quantitative estimate of drug-likeness (QED) is 0.552. The average Bonchev–Trinajstić information content (AvgIpc) is 3.19. The molecule has 0 fully saturated rings. The summed E-state index contributed by atoms with van der Waals surface area (Å²) < 4.78 is 7.79. The van der Waals surface area contributed by atoms with E-state index in [4.69, 9.17) is 4.42 Å². The van der Waals surface area contributed by atoms with Gasteiger partial charge in [0.05, 0.1) is 19.0 Å². The van der Waals surface area contributed by atoms with E-state index in [1.165, 1.54) is 12.5 Å². The van der Waals surface area contributed by atoms with Gasteiger partial charge in [-0.1, -0.05) is 28.1 Å². The zero-order valence-electron chi connectivity index (χ0n) is 12.0. The molecule has 0 bridgehead atoms. The van der Waals surface area contributed by atoms with Gasteiger partial charge >= 0.3 is 0 Å². The van der Waals surface area contributed by atoms with Crippen LogP contribution in [0.3, 0.4) is 0 Å². The van der Waals surface area contributed by atoms with Gasteiger partial charge in [-0.05, 0) is 35.9 Å². The number of amides is 1. The third-order valence-electron chi connectivity index (χ3n) is 3.01. The molecule has 3 rings (SSSR count). The zero-order valence-corrected chi connectivity index (χ0v) is 13.6. The van der Waals surface area contributed by atoms with E-state index < -0.39 is 0 Å². The number of hydrogen-bond acceptors (Lipinski definition) is 4. The second-order valence-corrected chi connectivity index (χ2v) is 5.66. The number of nitrogens with one attached hydrogen (secondary N) is 1. The number of nitrogens with zero attached hydrogens (tertiary/aromatic N) is 3. The van der Waals surface area contributed by atoms with E-state index >= 15 is 0 Å². The van der Waals surface area contributed by atoms with Crippen LogP contribution in [0.4, 0.5) is 0 Å². The van der Waals surface area contributed by atoms with E-state index in [0.29, 0.717) is 18.0 Å². The average molecular weight is 373 g/mol. The molecule has 2 heterocycles. The van der Waals surface area contributed by atoms with Crippen molar-refractivity contribution in [3.05, 3.63) is 76.4 Å². The molecular weight excluding hydrogens is 360 g/mol. The Morgan fingerprint density at radius 3 is 3.04 bits per heavy atom. The largest absolute Gasteiger partial charge is 0.463 e. The van der Waals surface area contributed by atoms with Crippen LogP contribution >= 0.6 is 15.9 Å². The Morgan fingerprint density at radius 1 is 1.35 bits per heavy atom. The summed E-state index contributed by atoms with van der Waals surface area (Å²) in [6.07, 6.45) is 4.72. The Labute approximate surface area is 140 Å². The van der Waals surface area contributed by atoms with Gasteiger partial charge in [0.25, 0.3) is 5.91 Å². The van der Waals surface area contributed by atoms with E-state index in [9.17, 15) is 4.79 Å². The predicted molar refractivity (Wildman–Crippen MR) is 89.2 cm³/mol. The number of furan rings is 1. The van der Waals surface area contributed by atoms with Crippen LogP contribution in [0.5, 0.6) is 0 Å². The van der Waals surface area contributed by atoms with E-state index in [1.54, 1.807) is 29.1 Å². The topological polar surface area (TPSA) is 72.4 Å². The number of halogens is 1. The highest BCUT2D eigenvalue weighted by molar-refractivity contribution is 9.10. The molecule has 0 saturated heterocycles. The minimum absolute atomic E-state index is 0.302. The van der Waals surface area contributed by atoms with Crippen LogP contribution in [0, 0.1) is 0 Å². The van der Waals surface area contributed by atoms with Gasteiger partial charge in [0.1, 0.15) is 5.76 Å². The number of hydrazone groups is 1. The summed E-state index contributed by atoms with van der Waals surface area (Å²) in [5.41, 5.74) is 3.80. The molecule has 0 radical (unpaired) electrons. The van der Waals surface area contributed by atoms with Crippen LogP contribution in [0.25, 0.3) is 0 Å². The maximum atomic E-state index is 12.0. The Kier molecular flexibility index (Phi) is 4.68. The molecule has 6 nitrogen and oxygen atoms in total. The van der Waals surface area contributed by atoms with Gasteiger partial charge in [0.2, 0.25) is 0 Å². The highest BCUT2D eigenvalue weighted by Gasteiger charge is 2.08. The van der Waals surface area contributed by atoms with E-state index in [2.05, 4.69) is 31.6 Å². The van der Waals surface area contributed by atoms with E-state index in [1.807, 2.05) is 24.3 Å². The normalized spacial score (nSPS) is 11.0. The van der Waals surface area contributed by atoms with Crippen LogP contribution in [-0.4, -0.2) is 21.9 Å². The number of benzene rings is 1. The lowest BCUT2D eigenvalue weighted by Gasteiger charge is -2.02. The van der Waals surface area contributed by atoms with Gasteiger partial charge in [0.15, 0.2) is 5.69 Å². The summed E-state index contributed by atoms with van der Waals surface area (Å²) in [6.45, 7) is 0.586. The Morgan fingerprint density at radius 2 is 2.26 bits per heavy atom. The summed E-state index contributed by atoms with van der Waals surface area (Å²) in [5.74, 6) is 0.186. The molecule has 7 heteroatoms. The van der Waals surface area contributed by atoms with E-state index in [-0.39, 0.29) is 5.91 Å². The molecule has 3 aromatic rings. The summed E-state index contributed by atoms with van der Waals surface area (Å²) in [5, 5.41) is 8.06. The van der Waals surface area contributed by atoms with Gasteiger partial charge in [0, 0.05) is 10.7 Å². The van der Waals surface area contributed by atoms with Crippen LogP contribution in [0.2, 0.25) is 0 Å². The monoisotopic (exact) mass is 372 g/mol. The lowest BCUT2D eigenvalue weighted by molar-refractivity contribution is 0.0949. The van der Waals surface area contributed by atoms with Gasteiger partial charge in [-0.3, -0.25) is 9.48 Å². The Hall–Kier alpha value is -2.67. The summed E-state index contributed by atoms with van der Waals surface area (Å²) in [6, 6.07) is 13.1. The van der Waals surface area contributed by atoms with Gasteiger partial charge in [-0.15, -0.1) is 0 Å². The van der Waals surface area contributed by atoms with Crippen LogP contribution in [-0.2, 0) is 6.54 Å². The number of rotatable bonds is 5. The molecule has 0 unspecified atom stereocenters. The second-order valence-electron chi connectivity index (χ2n) is 4.74. The van der Waals surface area contributed by atoms with E-state index in [0.717, 1.165) is 10.0 Å². The number of carbonyl (C=O) groups is 1. The first-order chi connectivity index (χ1) is 11.2. The molecule has 116 valence electrons. The molecule has 0 aliphatic heterocycles. The number of hydrogen-bond donors (Lipinski definition) is 1. The molecular formula is C16H13BrN4O2. The van der Waals surface area contributed by atoms with Crippen molar-refractivity contribution in [2.45, 2.75) is 6.54 Å². The van der Waals surface area contributed by atoms with Crippen molar-refractivity contribution in [3.63, 3.8) is 0 Å². The first-order valence-corrected chi connectivity index (χ1v) is 7.65. The van der Waals surface area contributed by atoms with Crippen molar-refractivity contribution < 1.29 is 9.21 Å². The Balaban J connectivity index is 1.61. The molecule has 0 spiro atoms. The fourth-order valence-electron chi connectivity index (χ4n) is 1.97. The molecule has 0 atom stereocenters. The first-order valence-electron chi connectivity index (χ1n) is 6.85. The molecule has 0 saturated carbocycles. The van der Waals surface area contributed by atoms with Crippen LogP contribution in [0.15, 0.2) is 68.9 Å². The molecule has 1 aromatic carbocycles. The SMILES string of the molecule is O=C(N/N=C\c1ccco1)c1ccn(Cc2cccc(Br)c2)n1. The maximum absolute atomic E-state index is 12.0. The zero-order chi connectivity index (χ0) is 16.1. The smallest absolute Gasteiger partial charge is 0.291 e. The lowest BCUT2D eigenvalue weighted by Crippen LogP contribution is -2.18. The minimum atomic E-state index is -0.374. The lowest BCUT2D eigenvalue weighted by atomic mass is 10.2. The highest BCUT2D eigenvalue weighted by Crippen LogP contribution is 2.12. The minimum Gasteiger partial charge on any atom is -0.463 e. The highest BCUT2D eigenvalue weighted by atomic mass is 79.9. The summed E-state index contributed by atoms with van der Waals surface area (Å²) >= 11 is 3.43. The second kappa shape index (κ2) is 7.06. The van der Waals surface area contributed by atoms with Gasteiger partial charge in [-0.25, -0.2) is 5.43 Å². The molecule has 1 amide bonds. The van der Waals surface area contributed by atoms with Crippen molar-refractivity contribution in [3.8, 4) is 0 Å². The number of aromatic nitrogens is 2. The fourth-order valence-corrected chi connectivity index (χ4v) is 2.42. The van der Waals surface area contributed by atoms with Gasteiger partial charge < -0.3 is 4.42 Å². The Bertz CT molecular complexity index is 824. The van der Waals surface area contributed by atoms with Crippen molar-refractivity contribution in [1.29, 1.82) is 0 Å². The maximum Gasteiger partial charge on any atom is 0.291 e. The first kappa shape index (κ1) is 15.2. The standard InChI is InChI=1S/C16H13BrN4O2/c17-13-4-1-3-12(9-13)11-21-7-6-15(20-21)16(22)19-18-10-14-5-2-8-23-14/h1-10H,11H2,(H,19,22)/b18-10-. The molecule has 2 aromatic heterocycles. The third-order valence-corrected chi connectivity index (χ3v) is 3.50. The summed E-state index contributed by atoms with van der Waals surface area (Å²) in [4.78, 5) is 12.0. The third kappa shape index (κ3) is 4.17. The molecule has 0 aliphatic carbocycles. The molecule has 1 N–H and O–H groups in total. The van der Waals surface area contributed by atoms with Crippen molar-refractivity contribution in [1.82, 2.24) is 15.2 Å². The molecule has 23 heavy (non-hydrogen) atoms. The summed E-state index contributed by atoms with van der Waals surface area (Å²) in [7, 11) is 0. The number of carbonyl (C=O) groups excluding carboxylic acids is 1. The van der Waals surface area contributed by atoms with Crippen molar-refractivity contribution in [2.24, 2.45) is 5.10 Å². The van der Waals surface area contributed by atoms with Crippen LogP contribution < -0.4 is 5.43 Å². The predicted octanol–water partition coefficient (Wildman–Crippen LogP) is 3.05. The van der Waals surface area contributed by atoms with Gasteiger partial charge in [-0.2, -0.15) is 10.2 Å². The molecule has 0 aliphatic rings.